The van der Waals surface area contributed by atoms with E-state index in [1.807, 2.05) is 6.92 Å². The lowest BCUT2D eigenvalue weighted by molar-refractivity contribution is 0.400. The van der Waals surface area contributed by atoms with Gasteiger partial charge in [-0.3, -0.25) is 0 Å². The van der Waals surface area contributed by atoms with Crippen molar-refractivity contribution in [2.24, 2.45) is 5.73 Å². The Morgan fingerprint density at radius 2 is 2.33 bits per heavy atom. The van der Waals surface area contributed by atoms with E-state index < -0.39 is 0 Å². The predicted octanol–water partition coefficient (Wildman–Crippen LogP) is 1.00. The zero-order chi connectivity index (χ0) is 10.7. The maximum atomic E-state index is 5.78. The SMILES string of the molecule is CCC(N)Cc1noc(-c2ccon2)n1. The minimum Gasteiger partial charge on any atom is -0.364 e. The molecule has 0 aliphatic carbocycles. The standard InChI is InChI=1S/C9H12N4O2/c1-2-6(10)5-8-11-9(15-13-8)7-3-4-14-12-7/h3-4,6H,2,5,10H2,1H3. The third kappa shape index (κ3) is 2.21. The van der Waals surface area contributed by atoms with Gasteiger partial charge in [-0.15, -0.1) is 0 Å². The van der Waals surface area contributed by atoms with Gasteiger partial charge >= 0.3 is 0 Å². The Labute approximate surface area is 86.4 Å². The molecule has 0 bridgehead atoms. The van der Waals surface area contributed by atoms with Crippen molar-refractivity contribution in [1.82, 2.24) is 15.3 Å². The molecule has 0 spiro atoms. The van der Waals surface area contributed by atoms with Crippen molar-refractivity contribution in [3.8, 4) is 11.6 Å². The van der Waals surface area contributed by atoms with Crippen LogP contribution in [0.5, 0.6) is 0 Å². The Balaban J connectivity index is 2.11. The van der Waals surface area contributed by atoms with Crippen LogP contribution in [0.2, 0.25) is 0 Å². The molecule has 2 heterocycles. The van der Waals surface area contributed by atoms with E-state index in [0.717, 1.165) is 6.42 Å². The molecule has 0 aromatic carbocycles. The molecule has 15 heavy (non-hydrogen) atoms. The van der Waals surface area contributed by atoms with Crippen LogP contribution in [-0.4, -0.2) is 21.3 Å². The molecule has 0 saturated carbocycles. The molecule has 80 valence electrons. The lowest BCUT2D eigenvalue weighted by Gasteiger charge is -2.02. The molecule has 2 N–H and O–H groups in total. The average molecular weight is 208 g/mol. The van der Waals surface area contributed by atoms with Crippen LogP contribution in [0.4, 0.5) is 0 Å². The molecular formula is C9H12N4O2. The predicted molar refractivity (Wildman–Crippen MR) is 51.8 cm³/mol. The summed E-state index contributed by atoms with van der Waals surface area (Å²) >= 11 is 0. The van der Waals surface area contributed by atoms with E-state index in [-0.39, 0.29) is 6.04 Å². The van der Waals surface area contributed by atoms with Gasteiger partial charge in [0.1, 0.15) is 6.26 Å². The summed E-state index contributed by atoms with van der Waals surface area (Å²) in [5.41, 5.74) is 6.32. The minimum absolute atomic E-state index is 0.0627. The molecule has 0 radical (unpaired) electrons. The van der Waals surface area contributed by atoms with Gasteiger partial charge in [-0.1, -0.05) is 17.2 Å². The van der Waals surface area contributed by atoms with Crippen molar-refractivity contribution in [3.63, 3.8) is 0 Å². The quantitative estimate of drug-likeness (QED) is 0.806. The Morgan fingerprint density at radius 3 is 3.00 bits per heavy atom. The van der Waals surface area contributed by atoms with Gasteiger partial charge < -0.3 is 14.8 Å². The topological polar surface area (TPSA) is 91.0 Å². The second kappa shape index (κ2) is 4.22. The maximum absolute atomic E-state index is 5.78. The number of nitrogens with zero attached hydrogens (tertiary/aromatic N) is 3. The van der Waals surface area contributed by atoms with E-state index in [4.69, 9.17) is 10.3 Å². The van der Waals surface area contributed by atoms with Crippen molar-refractivity contribution < 1.29 is 9.05 Å². The highest BCUT2D eigenvalue weighted by Crippen LogP contribution is 2.14. The second-order valence-electron chi connectivity index (χ2n) is 3.27. The number of hydrogen-bond acceptors (Lipinski definition) is 6. The first-order valence-electron chi connectivity index (χ1n) is 4.78. The van der Waals surface area contributed by atoms with Crippen molar-refractivity contribution in [2.45, 2.75) is 25.8 Å². The molecule has 1 atom stereocenters. The molecule has 2 aromatic heterocycles. The van der Waals surface area contributed by atoms with E-state index in [1.165, 1.54) is 6.26 Å². The van der Waals surface area contributed by atoms with Gasteiger partial charge in [-0.05, 0) is 6.42 Å². The summed E-state index contributed by atoms with van der Waals surface area (Å²) in [6, 6.07) is 1.73. The fraction of sp³-hybridized carbons (Fsp3) is 0.444. The van der Waals surface area contributed by atoms with E-state index in [2.05, 4.69) is 19.8 Å². The summed E-state index contributed by atoms with van der Waals surface area (Å²) in [4.78, 5) is 4.16. The number of hydrogen-bond donors (Lipinski definition) is 1. The zero-order valence-electron chi connectivity index (χ0n) is 8.38. The van der Waals surface area contributed by atoms with Crippen molar-refractivity contribution in [2.75, 3.05) is 0 Å². The minimum atomic E-state index is 0.0627. The van der Waals surface area contributed by atoms with Gasteiger partial charge in [0.25, 0.3) is 5.89 Å². The third-order valence-electron chi connectivity index (χ3n) is 2.09. The summed E-state index contributed by atoms with van der Waals surface area (Å²) in [6.07, 6.45) is 2.95. The number of nitrogens with two attached hydrogens (primary N) is 1. The van der Waals surface area contributed by atoms with Gasteiger partial charge in [-0.2, -0.15) is 4.98 Å². The second-order valence-corrected chi connectivity index (χ2v) is 3.27. The first-order valence-corrected chi connectivity index (χ1v) is 4.78. The molecule has 6 nitrogen and oxygen atoms in total. The Bertz CT molecular complexity index is 409. The summed E-state index contributed by atoms with van der Waals surface area (Å²) < 4.78 is 9.69. The monoisotopic (exact) mass is 208 g/mol. The molecule has 0 amide bonds. The fourth-order valence-electron chi connectivity index (χ4n) is 1.14. The van der Waals surface area contributed by atoms with Gasteiger partial charge in [0.2, 0.25) is 0 Å². The van der Waals surface area contributed by atoms with E-state index in [1.54, 1.807) is 6.07 Å². The van der Waals surface area contributed by atoms with Crippen molar-refractivity contribution in [3.05, 3.63) is 18.2 Å². The molecule has 1 unspecified atom stereocenters. The lowest BCUT2D eigenvalue weighted by Crippen LogP contribution is -2.21. The molecule has 0 aliphatic rings. The first kappa shape index (κ1) is 9.85. The van der Waals surface area contributed by atoms with E-state index >= 15 is 0 Å². The summed E-state index contributed by atoms with van der Waals surface area (Å²) in [6.45, 7) is 2.02. The fourth-order valence-corrected chi connectivity index (χ4v) is 1.14. The van der Waals surface area contributed by atoms with Crippen molar-refractivity contribution >= 4 is 0 Å². The van der Waals surface area contributed by atoms with E-state index in [9.17, 15) is 0 Å². The molecule has 6 heteroatoms. The Kier molecular flexibility index (Phi) is 2.77. The van der Waals surface area contributed by atoms with Crippen LogP contribution in [0.25, 0.3) is 11.6 Å². The van der Waals surface area contributed by atoms with Crippen LogP contribution in [0.1, 0.15) is 19.2 Å². The van der Waals surface area contributed by atoms with E-state index in [0.29, 0.717) is 23.8 Å². The average Bonchev–Trinajstić information content (AvgIpc) is 2.85. The third-order valence-corrected chi connectivity index (χ3v) is 2.09. The first-order chi connectivity index (χ1) is 7.29. The largest absolute Gasteiger partial charge is 0.364 e. The summed E-state index contributed by atoms with van der Waals surface area (Å²) in [5, 5.41) is 7.51. The van der Waals surface area contributed by atoms with Crippen LogP contribution in [0, 0.1) is 0 Å². The summed E-state index contributed by atoms with van der Waals surface area (Å²) in [5.74, 6) is 0.962. The molecular weight excluding hydrogens is 196 g/mol. The molecule has 2 aromatic rings. The van der Waals surface area contributed by atoms with Crippen LogP contribution < -0.4 is 5.73 Å². The molecule has 0 fully saturated rings. The Hall–Kier alpha value is -1.69. The number of aromatic nitrogens is 3. The normalized spacial score (nSPS) is 12.9. The Morgan fingerprint density at radius 1 is 1.47 bits per heavy atom. The molecule has 0 aliphatic heterocycles. The highest BCUT2D eigenvalue weighted by molar-refractivity contribution is 5.43. The smallest absolute Gasteiger partial charge is 0.280 e. The van der Waals surface area contributed by atoms with Gasteiger partial charge in [0, 0.05) is 18.5 Å². The molecule has 2 rings (SSSR count). The van der Waals surface area contributed by atoms with Gasteiger partial charge in [-0.25, -0.2) is 0 Å². The van der Waals surface area contributed by atoms with Crippen LogP contribution in [0.15, 0.2) is 21.4 Å². The highest BCUT2D eigenvalue weighted by Gasteiger charge is 2.12. The highest BCUT2D eigenvalue weighted by atomic mass is 16.5. The van der Waals surface area contributed by atoms with Crippen LogP contribution in [0.3, 0.4) is 0 Å². The summed E-state index contributed by atoms with van der Waals surface area (Å²) in [7, 11) is 0. The number of rotatable bonds is 4. The zero-order valence-corrected chi connectivity index (χ0v) is 8.38. The van der Waals surface area contributed by atoms with Gasteiger partial charge in [0.15, 0.2) is 11.5 Å². The lowest BCUT2D eigenvalue weighted by atomic mass is 10.2. The van der Waals surface area contributed by atoms with Gasteiger partial charge in [0.05, 0.1) is 0 Å². The molecule has 0 saturated heterocycles. The van der Waals surface area contributed by atoms with Crippen LogP contribution in [-0.2, 0) is 6.42 Å². The maximum Gasteiger partial charge on any atom is 0.280 e. The van der Waals surface area contributed by atoms with Crippen molar-refractivity contribution in [1.29, 1.82) is 0 Å². The van der Waals surface area contributed by atoms with Crippen LogP contribution >= 0.6 is 0 Å².